The molecule has 1 atom stereocenters. The average molecular weight is 278 g/mol. The van der Waals surface area contributed by atoms with Gasteiger partial charge < -0.3 is 10.2 Å². The number of hydrogen-bond acceptors (Lipinski definition) is 4. The van der Waals surface area contributed by atoms with Gasteiger partial charge in [0.2, 0.25) is 5.91 Å². The van der Waals surface area contributed by atoms with Crippen LogP contribution in [0.15, 0.2) is 5.10 Å². The highest BCUT2D eigenvalue weighted by molar-refractivity contribution is 6.39. The van der Waals surface area contributed by atoms with Crippen LogP contribution in [0.25, 0.3) is 0 Å². The Morgan fingerprint density at radius 2 is 2.15 bits per heavy atom. The molecule has 2 aliphatic heterocycles. The van der Waals surface area contributed by atoms with Crippen LogP contribution in [0.1, 0.15) is 32.1 Å². The molecule has 2 heterocycles. The van der Waals surface area contributed by atoms with Gasteiger partial charge in [0.1, 0.15) is 5.71 Å². The van der Waals surface area contributed by atoms with E-state index in [4.69, 9.17) is 0 Å². The summed E-state index contributed by atoms with van der Waals surface area (Å²) in [5.74, 6) is 0.412. The van der Waals surface area contributed by atoms with Crippen molar-refractivity contribution >= 4 is 17.5 Å². The SMILES string of the molecule is CN1N=C(C(=O)NC[C@H]2CCN(C3CC3)C2)CCC1=O. The molecule has 1 saturated heterocycles. The van der Waals surface area contributed by atoms with Gasteiger partial charge in [-0.05, 0) is 31.7 Å². The molecule has 1 N–H and O–H groups in total. The van der Waals surface area contributed by atoms with Crippen molar-refractivity contribution in [3.05, 3.63) is 0 Å². The van der Waals surface area contributed by atoms with Crippen LogP contribution in [0.5, 0.6) is 0 Å². The second-order valence-corrected chi connectivity index (χ2v) is 6.05. The molecule has 2 amide bonds. The first-order chi connectivity index (χ1) is 9.63. The number of amides is 2. The largest absolute Gasteiger partial charge is 0.351 e. The van der Waals surface area contributed by atoms with Gasteiger partial charge in [-0.1, -0.05) is 0 Å². The minimum atomic E-state index is -0.116. The molecular formula is C14H22N4O2. The Balaban J connectivity index is 1.45. The van der Waals surface area contributed by atoms with E-state index in [1.165, 1.54) is 30.8 Å². The Labute approximate surface area is 119 Å². The number of hydrazone groups is 1. The van der Waals surface area contributed by atoms with E-state index in [1.54, 1.807) is 7.05 Å². The van der Waals surface area contributed by atoms with Gasteiger partial charge >= 0.3 is 0 Å². The van der Waals surface area contributed by atoms with E-state index in [9.17, 15) is 9.59 Å². The fraction of sp³-hybridized carbons (Fsp3) is 0.786. The third-order valence-corrected chi connectivity index (χ3v) is 4.40. The van der Waals surface area contributed by atoms with Crippen molar-refractivity contribution < 1.29 is 9.59 Å². The maximum absolute atomic E-state index is 12.0. The minimum Gasteiger partial charge on any atom is -0.351 e. The molecule has 0 aromatic rings. The molecule has 1 saturated carbocycles. The summed E-state index contributed by atoms with van der Waals surface area (Å²) < 4.78 is 0. The summed E-state index contributed by atoms with van der Waals surface area (Å²) in [6.07, 6.45) is 4.68. The molecule has 3 rings (SSSR count). The summed E-state index contributed by atoms with van der Waals surface area (Å²) in [5, 5.41) is 8.28. The quantitative estimate of drug-likeness (QED) is 0.798. The van der Waals surface area contributed by atoms with Crippen molar-refractivity contribution in [2.75, 3.05) is 26.7 Å². The Morgan fingerprint density at radius 3 is 2.85 bits per heavy atom. The molecule has 0 radical (unpaired) electrons. The van der Waals surface area contributed by atoms with Crippen LogP contribution >= 0.6 is 0 Å². The van der Waals surface area contributed by atoms with Crippen LogP contribution in [0, 0.1) is 5.92 Å². The van der Waals surface area contributed by atoms with E-state index in [2.05, 4.69) is 15.3 Å². The fourth-order valence-corrected chi connectivity index (χ4v) is 2.97. The zero-order valence-corrected chi connectivity index (χ0v) is 12.0. The normalized spacial score (nSPS) is 27.6. The van der Waals surface area contributed by atoms with Gasteiger partial charge in [-0.2, -0.15) is 5.10 Å². The zero-order chi connectivity index (χ0) is 14.1. The lowest BCUT2D eigenvalue weighted by atomic mass is 10.1. The third-order valence-electron chi connectivity index (χ3n) is 4.40. The predicted molar refractivity (Wildman–Crippen MR) is 75.2 cm³/mol. The summed E-state index contributed by atoms with van der Waals surface area (Å²) >= 11 is 0. The highest BCUT2D eigenvalue weighted by atomic mass is 16.2. The van der Waals surface area contributed by atoms with Crippen molar-refractivity contribution in [3.8, 4) is 0 Å². The fourth-order valence-electron chi connectivity index (χ4n) is 2.97. The lowest BCUT2D eigenvalue weighted by Gasteiger charge is -2.19. The Morgan fingerprint density at radius 1 is 1.35 bits per heavy atom. The number of carbonyl (C=O) groups excluding carboxylic acids is 2. The number of nitrogens with zero attached hydrogens (tertiary/aromatic N) is 3. The molecule has 2 fully saturated rings. The van der Waals surface area contributed by atoms with E-state index in [-0.39, 0.29) is 11.8 Å². The number of rotatable bonds is 4. The molecule has 110 valence electrons. The van der Waals surface area contributed by atoms with E-state index in [0.29, 0.717) is 24.5 Å². The smallest absolute Gasteiger partial charge is 0.267 e. The molecule has 0 aromatic heterocycles. The maximum Gasteiger partial charge on any atom is 0.267 e. The highest BCUT2D eigenvalue weighted by Gasteiger charge is 2.34. The Kier molecular flexibility index (Phi) is 3.74. The summed E-state index contributed by atoms with van der Waals surface area (Å²) in [7, 11) is 1.60. The molecule has 3 aliphatic rings. The molecular weight excluding hydrogens is 256 g/mol. The lowest BCUT2D eigenvalue weighted by molar-refractivity contribution is -0.130. The molecule has 0 bridgehead atoms. The number of nitrogens with one attached hydrogen (secondary N) is 1. The van der Waals surface area contributed by atoms with Crippen molar-refractivity contribution in [1.82, 2.24) is 15.2 Å². The standard InChI is InChI=1S/C14H22N4O2/c1-17-13(19)5-4-12(16-17)14(20)15-8-10-6-7-18(9-10)11-2-3-11/h10-11H,2-9H2,1H3,(H,15,20)/t10-/m1/s1. The van der Waals surface area contributed by atoms with Gasteiger partial charge in [0.05, 0.1) is 0 Å². The van der Waals surface area contributed by atoms with E-state index in [0.717, 1.165) is 19.1 Å². The first-order valence-electron chi connectivity index (χ1n) is 7.50. The van der Waals surface area contributed by atoms with Gasteiger partial charge in [-0.15, -0.1) is 0 Å². The number of hydrogen-bond donors (Lipinski definition) is 1. The minimum absolute atomic E-state index is 0.0302. The Hall–Kier alpha value is -1.43. The summed E-state index contributed by atoms with van der Waals surface area (Å²) in [6.45, 7) is 3.00. The summed E-state index contributed by atoms with van der Waals surface area (Å²) in [4.78, 5) is 25.9. The van der Waals surface area contributed by atoms with Gasteiger partial charge in [-0.3, -0.25) is 9.59 Å². The van der Waals surface area contributed by atoms with Crippen LogP contribution < -0.4 is 5.32 Å². The molecule has 6 heteroatoms. The van der Waals surface area contributed by atoms with Crippen molar-refractivity contribution in [1.29, 1.82) is 0 Å². The van der Waals surface area contributed by atoms with Gasteiger partial charge in [-0.25, -0.2) is 5.01 Å². The molecule has 0 aromatic carbocycles. The molecule has 0 unspecified atom stereocenters. The average Bonchev–Trinajstić information content (AvgIpc) is 3.18. The van der Waals surface area contributed by atoms with Crippen molar-refractivity contribution in [2.45, 2.75) is 38.1 Å². The van der Waals surface area contributed by atoms with E-state index >= 15 is 0 Å². The lowest BCUT2D eigenvalue weighted by Crippen LogP contribution is -2.39. The molecule has 1 aliphatic carbocycles. The third kappa shape index (κ3) is 3.00. The van der Waals surface area contributed by atoms with Gasteiger partial charge in [0.25, 0.3) is 5.91 Å². The van der Waals surface area contributed by atoms with Crippen LogP contribution in [-0.4, -0.2) is 60.2 Å². The Bertz CT molecular complexity index is 444. The second kappa shape index (κ2) is 5.52. The monoisotopic (exact) mass is 278 g/mol. The van der Waals surface area contributed by atoms with E-state index < -0.39 is 0 Å². The molecule has 0 spiro atoms. The van der Waals surface area contributed by atoms with Crippen LogP contribution in [-0.2, 0) is 9.59 Å². The van der Waals surface area contributed by atoms with Crippen molar-refractivity contribution in [2.24, 2.45) is 11.0 Å². The first-order valence-corrected chi connectivity index (χ1v) is 7.50. The summed E-state index contributed by atoms with van der Waals surface area (Å²) in [5.41, 5.74) is 0.476. The highest BCUT2D eigenvalue weighted by Crippen LogP contribution is 2.31. The van der Waals surface area contributed by atoms with Crippen LogP contribution in [0.2, 0.25) is 0 Å². The van der Waals surface area contributed by atoms with Crippen molar-refractivity contribution in [3.63, 3.8) is 0 Å². The molecule has 20 heavy (non-hydrogen) atoms. The number of likely N-dealkylation sites (tertiary alicyclic amines) is 1. The topological polar surface area (TPSA) is 65.0 Å². The molecule has 6 nitrogen and oxygen atoms in total. The maximum atomic E-state index is 12.0. The second-order valence-electron chi connectivity index (χ2n) is 6.05. The number of carbonyl (C=O) groups is 2. The summed E-state index contributed by atoms with van der Waals surface area (Å²) in [6, 6.07) is 0.818. The van der Waals surface area contributed by atoms with E-state index in [1.807, 2.05) is 0 Å². The zero-order valence-electron chi connectivity index (χ0n) is 12.0. The van der Waals surface area contributed by atoms with Crippen LogP contribution in [0.3, 0.4) is 0 Å². The van der Waals surface area contributed by atoms with Gasteiger partial charge in [0.15, 0.2) is 0 Å². The van der Waals surface area contributed by atoms with Gasteiger partial charge in [0, 0.05) is 39.0 Å². The first kappa shape index (κ1) is 13.5. The predicted octanol–water partition coefficient (Wildman–Crippen LogP) is 0.195. The van der Waals surface area contributed by atoms with Crippen LogP contribution in [0.4, 0.5) is 0 Å².